The maximum absolute atomic E-state index is 6.31. The minimum atomic E-state index is -0.263. The molecule has 2 aliphatic rings. The molecule has 0 saturated carbocycles. The van der Waals surface area contributed by atoms with Crippen molar-refractivity contribution < 1.29 is 9.31 Å². The zero-order valence-corrected chi connectivity index (χ0v) is 31.8. The third-order valence-electron chi connectivity index (χ3n) is 10.8. The molecular weight excluding hydrogens is 627 g/mol. The van der Waals surface area contributed by atoms with Crippen LogP contribution in [0.5, 0.6) is 0 Å². The Balaban J connectivity index is 1.46. The van der Waals surface area contributed by atoms with Crippen molar-refractivity contribution in [3.8, 4) is 11.1 Å². The summed E-state index contributed by atoms with van der Waals surface area (Å²) in [6.07, 6.45) is 30.1. The summed E-state index contributed by atoms with van der Waals surface area (Å²) in [7, 11) is -0.263. The summed E-state index contributed by atoms with van der Waals surface area (Å²) in [6, 6.07) is 14.2. The molecular formula is C42H66BBrO2. The van der Waals surface area contributed by atoms with Gasteiger partial charge in [0.1, 0.15) is 0 Å². The average Bonchev–Trinajstić information content (AvgIpc) is 3.31. The first kappa shape index (κ1) is 37.7. The molecule has 0 unspecified atom stereocenters. The predicted molar refractivity (Wildman–Crippen MR) is 204 cm³/mol. The maximum atomic E-state index is 6.31. The second-order valence-electron chi connectivity index (χ2n) is 15.6. The first-order chi connectivity index (χ1) is 22.4. The monoisotopic (exact) mass is 692 g/mol. The van der Waals surface area contributed by atoms with Crippen LogP contribution in [0.25, 0.3) is 11.1 Å². The number of fused-ring (bicyclic) bond motifs is 3. The third kappa shape index (κ3) is 11.0. The lowest BCUT2D eigenvalue weighted by Gasteiger charge is -2.35. The molecule has 4 rings (SSSR count). The van der Waals surface area contributed by atoms with Crippen molar-refractivity contribution in [3.05, 3.63) is 52.0 Å². The Bertz CT molecular complexity index is 1130. The fraction of sp³-hybridized carbons (Fsp3) is 0.714. The summed E-state index contributed by atoms with van der Waals surface area (Å²) >= 11 is 3.87. The van der Waals surface area contributed by atoms with Crippen molar-refractivity contribution in [1.82, 2.24) is 0 Å². The normalized spacial score (nSPS) is 16.5. The highest BCUT2D eigenvalue weighted by Gasteiger charge is 2.43. The van der Waals surface area contributed by atoms with E-state index >= 15 is 0 Å². The Hall–Kier alpha value is -1.10. The van der Waals surface area contributed by atoms with E-state index in [0.717, 1.165) is 13.2 Å². The third-order valence-corrected chi connectivity index (χ3v) is 11.3. The molecule has 2 nitrogen and oxygen atoms in total. The molecule has 4 heteroatoms. The largest absolute Gasteiger partial charge is 0.493 e. The summed E-state index contributed by atoms with van der Waals surface area (Å²) in [5, 5.41) is 0. The van der Waals surface area contributed by atoms with Gasteiger partial charge in [-0.2, -0.15) is 0 Å². The molecule has 0 bridgehead atoms. The lowest BCUT2D eigenvalue weighted by molar-refractivity contribution is 0.0343. The van der Waals surface area contributed by atoms with Crippen LogP contribution in [0.2, 0.25) is 0 Å². The standard InChI is InChI=1S/C42H66BBrO2/c1-5-7-9-11-13-15-17-19-21-23-29-42(30-24-22-20-18-16-14-12-10-8-6-2)39-31-35(43-45-33-41(3,4)34-46-43)25-27-37(39)38-28-26-36(44)32-40(38)42/h25-28,31-32H,5-24,29-30,33-34H2,1-4H3. The molecule has 0 spiro atoms. The molecule has 1 heterocycles. The van der Waals surface area contributed by atoms with Crippen molar-refractivity contribution in [1.29, 1.82) is 0 Å². The quantitative estimate of drug-likeness (QED) is 0.0852. The van der Waals surface area contributed by atoms with Gasteiger partial charge < -0.3 is 9.31 Å². The van der Waals surface area contributed by atoms with Crippen molar-refractivity contribution in [2.75, 3.05) is 13.2 Å². The van der Waals surface area contributed by atoms with Crippen LogP contribution >= 0.6 is 15.9 Å². The van der Waals surface area contributed by atoms with Gasteiger partial charge in [-0.1, -0.05) is 196 Å². The van der Waals surface area contributed by atoms with E-state index in [1.54, 1.807) is 5.56 Å². The first-order valence-electron chi connectivity index (χ1n) is 19.6. The Kier molecular flexibility index (Phi) is 16.2. The molecule has 0 aromatic heterocycles. The van der Waals surface area contributed by atoms with Crippen molar-refractivity contribution in [3.63, 3.8) is 0 Å². The van der Waals surface area contributed by atoms with Gasteiger partial charge in [-0.15, -0.1) is 0 Å². The summed E-state index contributed by atoms with van der Waals surface area (Å²) in [6.45, 7) is 10.5. The van der Waals surface area contributed by atoms with Gasteiger partial charge in [0.05, 0.1) is 0 Å². The Labute approximate surface area is 292 Å². The van der Waals surface area contributed by atoms with Crippen molar-refractivity contribution in [2.45, 2.75) is 174 Å². The Morgan fingerprint density at radius 3 is 1.46 bits per heavy atom. The van der Waals surface area contributed by atoms with E-state index < -0.39 is 0 Å². The number of hydrogen-bond acceptors (Lipinski definition) is 2. The van der Waals surface area contributed by atoms with Gasteiger partial charge in [0.2, 0.25) is 0 Å². The maximum Gasteiger partial charge on any atom is 0.493 e. The molecule has 46 heavy (non-hydrogen) atoms. The number of rotatable bonds is 23. The topological polar surface area (TPSA) is 18.5 Å². The molecule has 2 aromatic carbocycles. The van der Waals surface area contributed by atoms with Crippen molar-refractivity contribution in [2.24, 2.45) is 5.41 Å². The van der Waals surface area contributed by atoms with Gasteiger partial charge in [0.15, 0.2) is 0 Å². The van der Waals surface area contributed by atoms with E-state index in [2.05, 4.69) is 80.0 Å². The highest BCUT2D eigenvalue weighted by atomic mass is 79.9. The van der Waals surface area contributed by atoms with Crippen LogP contribution in [0, 0.1) is 5.41 Å². The van der Waals surface area contributed by atoms with Crippen LogP contribution in [-0.2, 0) is 14.7 Å². The second kappa shape index (κ2) is 19.8. The molecule has 1 fully saturated rings. The molecule has 2 aromatic rings. The van der Waals surface area contributed by atoms with Gasteiger partial charge >= 0.3 is 7.12 Å². The molecule has 1 aliphatic heterocycles. The first-order valence-corrected chi connectivity index (χ1v) is 20.4. The highest BCUT2D eigenvalue weighted by Crippen LogP contribution is 2.54. The van der Waals surface area contributed by atoms with E-state index in [0.29, 0.717) is 0 Å². The summed E-state index contributed by atoms with van der Waals surface area (Å²) in [4.78, 5) is 0. The zero-order valence-electron chi connectivity index (χ0n) is 30.2. The Morgan fingerprint density at radius 2 is 0.978 bits per heavy atom. The minimum Gasteiger partial charge on any atom is -0.407 e. The van der Waals surface area contributed by atoms with Crippen LogP contribution < -0.4 is 5.46 Å². The molecule has 0 amide bonds. The fourth-order valence-corrected chi connectivity index (χ4v) is 8.37. The lowest BCUT2D eigenvalue weighted by Crippen LogP contribution is -2.47. The summed E-state index contributed by atoms with van der Waals surface area (Å²) in [5.41, 5.74) is 7.28. The van der Waals surface area contributed by atoms with Crippen LogP contribution in [0.3, 0.4) is 0 Å². The summed E-state index contributed by atoms with van der Waals surface area (Å²) < 4.78 is 13.8. The van der Waals surface area contributed by atoms with E-state index in [1.807, 2.05) is 0 Å². The van der Waals surface area contributed by atoms with E-state index in [-0.39, 0.29) is 17.9 Å². The van der Waals surface area contributed by atoms with Gasteiger partial charge in [0.25, 0.3) is 0 Å². The predicted octanol–water partition coefficient (Wildman–Crippen LogP) is 13.1. The second-order valence-corrected chi connectivity index (χ2v) is 16.5. The van der Waals surface area contributed by atoms with Crippen LogP contribution in [-0.4, -0.2) is 20.3 Å². The molecule has 1 saturated heterocycles. The Morgan fingerprint density at radius 1 is 0.565 bits per heavy atom. The summed E-state index contributed by atoms with van der Waals surface area (Å²) in [5.74, 6) is 0. The lowest BCUT2D eigenvalue weighted by atomic mass is 9.68. The molecule has 0 radical (unpaired) electrons. The smallest absolute Gasteiger partial charge is 0.407 e. The zero-order chi connectivity index (χ0) is 32.7. The molecule has 0 atom stereocenters. The molecule has 256 valence electrons. The average molecular weight is 694 g/mol. The van der Waals surface area contributed by atoms with Crippen LogP contribution in [0.15, 0.2) is 40.9 Å². The van der Waals surface area contributed by atoms with Crippen LogP contribution in [0.1, 0.15) is 180 Å². The van der Waals surface area contributed by atoms with E-state index in [1.165, 1.54) is 168 Å². The number of unbranched alkanes of at least 4 members (excludes halogenated alkanes) is 18. The van der Waals surface area contributed by atoms with E-state index in [4.69, 9.17) is 9.31 Å². The van der Waals surface area contributed by atoms with Gasteiger partial charge in [-0.3, -0.25) is 0 Å². The van der Waals surface area contributed by atoms with Gasteiger partial charge in [-0.25, -0.2) is 0 Å². The molecule has 1 aliphatic carbocycles. The number of hydrogen-bond donors (Lipinski definition) is 0. The highest BCUT2D eigenvalue weighted by molar-refractivity contribution is 9.10. The number of halogens is 1. The van der Waals surface area contributed by atoms with Crippen molar-refractivity contribution >= 4 is 28.5 Å². The van der Waals surface area contributed by atoms with E-state index in [9.17, 15) is 0 Å². The fourth-order valence-electron chi connectivity index (χ4n) is 8.01. The SMILES string of the molecule is CCCCCCCCCCCCC1(CCCCCCCCCCCC)c2cc(Br)ccc2-c2ccc(B3OCC(C)(C)CO3)cc21. The molecule has 0 N–H and O–H groups in total. The number of benzene rings is 2. The van der Waals surface area contributed by atoms with Gasteiger partial charge in [-0.05, 0) is 52.7 Å². The van der Waals surface area contributed by atoms with Crippen LogP contribution in [0.4, 0.5) is 0 Å². The van der Waals surface area contributed by atoms with Gasteiger partial charge in [0, 0.05) is 28.5 Å². The minimum absolute atomic E-state index is 0.0682.